The molecule has 0 aliphatic rings. The van der Waals surface area contributed by atoms with Crippen LogP contribution in [0.5, 0.6) is 0 Å². The molecule has 1 rings (SSSR count). The van der Waals surface area contributed by atoms with Gasteiger partial charge in [0.1, 0.15) is 5.92 Å². The number of rotatable bonds is 4. The van der Waals surface area contributed by atoms with E-state index in [0.717, 1.165) is 0 Å². The third-order valence-electron chi connectivity index (χ3n) is 2.02. The average molecular weight is 212 g/mol. The van der Waals surface area contributed by atoms with Gasteiger partial charge in [-0.25, -0.2) is 0 Å². The molecule has 0 aromatic carbocycles. The maximum absolute atomic E-state index is 11.7. The van der Waals surface area contributed by atoms with Gasteiger partial charge in [0, 0.05) is 10.9 Å². The van der Waals surface area contributed by atoms with Crippen molar-refractivity contribution < 1.29 is 14.7 Å². The molecule has 3 nitrogen and oxygen atoms in total. The number of Topliss-reactive ketones (excluding diaryl/α,β-unsaturated/α-hetero) is 1. The van der Waals surface area contributed by atoms with Crippen molar-refractivity contribution in [1.82, 2.24) is 0 Å². The van der Waals surface area contributed by atoms with Gasteiger partial charge < -0.3 is 5.11 Å². The smallest absolute Gasteiger partial charge is 0.314 e. The summed E-state index contributed by atoms with van der Waals surface area (Å²) in [6, 6.07) is 1.66. The Morgan fingerprint density at radius 1 is 1.43 bits per heavy atom. The van der Waals surface area contributed by atoms with Crippen LogP contribution in [0.2, 0.25) is 0 Å². The van der Waals surface area contributed by atoms with Gasteiger partial charge in [-0.05, 0) is 17.4 Å². The molecule has 0 fully saturated rings. The Labute approximate surface area is 86.4 Å². The largest absolute Gasteiger partial charge is 0.481 e. The summed E-state index contributed by atoms with van der Waals surface area (Å²) in [4.78, 5) is 22.6. The molecule has 14 heavy (non-hydrogen) atoms. The fourth-order valence-corrected chi connectivity index (χ4v) is 1.93. The summed E-state index contributed by atoms with van der Waals surface area (Å²) in [5.41, 5.74) is 0.496. The van der Waals surface area contributed by atoms with Crippen LogP contribution >= 0.6 is 11.3 Å². The maximum atomic E-state index is 11.7. The van der Waals surface area contributed by atoms with Crippen molar-refractivity contribution in [2.45, 2.75) is 13.8 Å². The van der Waals surface area contributed by atoms with Crippen LogP contribution in [0, 0.1) is 11.8 Å². The van der Waals surface area contributed by atoms with Crippen molar-refractivity contribution in [3.05, 3.63) is 22.4 Å². The molecule has 76 valence electrons. The molecule has 0 bridgehead atoms. The summed E-state index contributed by atoms with van der Waals surface area (Å²) >= 11 is 1.39. The lowest BCUT2D eigenvalue weighted by atomic mass is 9.89. The molecule has 0 aliphatic carbocycles. The number of carbonyl (C=O) groups excluding carboxylic acids is 1. The first-order valence-electron chi connectivity index (χ1n) is 4.33. The number of hydrogen-bond donors (Lipinski definition) is 1. The predicted molar refractivity (Wildman–Crippen MR) is 54.6 cm³/mol. The van der Waals surface area contributed by atoms with E-state index in [1.54, 1.807) is 30.7 Å². The molecule has 0 amide bonds. The van der Waals surface area contributed by atoms with E-state index in [0.29, 0.717) is 5.56 Å². The molecule has 0 radical (unpaired) electrons. The average Bonchev–Trinajstić information content (AvgIpc) is 2.53. The Bertz CT molecular complexity index is 327. The van der Waals surface area contributed by atoms with Crippen molar-refractivity contribution in [3.63, 3.8) is 0 Å². The second-order valence-corrected chi connectivity index (χ2v) is 4.22. The van der Waals surface area contributed by atoms with E-state index < -0.39 is 11.9 Å². The molecular weight excluding hydrogens is 200 g/mol. The van der Waals surface area contributed by atoms with Gasteiger partial charge in [0.25, 0.3) is 0 Å². The third kappa shape index (κ3) is 2.20. The van der Waals surface area contributed by atoms with E-state index in [4.69, 9.17) is 5.11 Å². The van der Waals surface area contributed by atoms with Crippen molar-refractivity contribution in [1.29, 1.82) is 0 Å². The SMILES string of the molecule is CC(C)C(C(=O)O)C(=O)c1ccsc1. The minimum Gasteiger partial charge on any atom is -0.481 e. The summed E-state index contributed by atoms with van der Waals surface area (Å²) in [6.45, 7) is 3.48. The van der Waals surface area contributed by atoms with E-state index in [9.17, 15) is 9.59 Å². The van der Waals surface area contributed by atoms with Gasteiger partial charge in [-0.2, -0.15) is 11.3 Å². The topological polar surface area (TPSA) is 54.4 Å². The molecule has 0 aliphatic heterocycles. The quantitative estimate of drug-likeness (QED) is 0.615. The second kappa shape index (κ2) is 4.37. The Hall–Kier alpha value is -1.16. The van der Waals surface area contributed by atoms with Crippen LogP contribution in [0.4, 0.5) is 0 Å². The van der Waals surface area contributed by atoms with Gasteiger partial charge in [0.15, 0.2) is 5.78 Å². The van der Waals surface area contributed by atoms with Gasteiger partial charge in [-0.1, -0.05) is 13.8 Å². The van der Waals surface area contributed by atoms with Gasteiger partial charge >= 0.3 is 5.97 Å². The van der Waals surface area contributed by atoms with Crippen LogP contribution in [0.1, 0.15) is 24.2 Å². The standard InChI is InChI=1S/C10H12O3S/c1-6(2)8(10(12)13)9(11)7-3-4-14-5-7/h3-6,8H,1-2H3,(H,12,13). The summed E-state index contributed by atoms with van der Waals surface area (Å²) < 4.78 is 0. The molecule has 1 aromatic heterocycles. The Morgan fingerprint density at radius 3 is 2.43 bits per heavy atom. The summed E-state index contributed by atoms with van der Waals surface area (Å²) in [5.74, 6) is -2.45. The van der Waals surface area contributed by atoms with Crippen molar-refractivity contribution in [3.8, 4) is 0 Å². The zero-order valence-electron chi connectivity index (χ0n) is 8.06. The van der Waals surface area contributed by atoms with Crippen molar-refractivity contribution >= 4 is 23.1 Å². The maximum Gasteiger partial charge on any atom is 0.314 e. The molecule has 1 unspecified atom stereocenters. The monoisotopic (exact) mass is 212 g/mol. The number of ketones is 1. The highest BCUT2D eigenvalue weighted by Gasteiger charge is 2.30. The highest BCUT2D eigenvalue weighted by Crippen LogP contribution is 2.19. The first kappa shape index (κ1) is 10.9. The van der Waals surface area contributed by atoms with Crippen molar-refractivity contribution in [2.24, 2.45) is 11.8 Å². The van der Waals surface area contributed by atoms with E-state index in [-0.39, 0.29) is 11.7 Å². The Morgan fingerprint density at radius 2 is 2.07 bits per heavy atom. The van der Waals surface area contributed by atoms with Crippen LogP contribution in [0.25, 0.3) is 0 Å². The molecule has 1 atom stereocenters. The number of carbonyl (C=O) groups is 2. The summed E-state index contributed by atoms with van der Waals surface area (Å²) in [5, 5.41) is 12.3. The van der Waals surface area contributed by atoms with Gasteiger partial charge in [0.05, 0.1) is 0 Å². The van der Waals surface area contributed by atoms with Gasteiger partial charge in [0.2, 0.25) is 0 Å². The normalized spacial score (nSPS) is 12.8. The zero-order valence-corrected chi connectivity index (χ0v) is 8.88. The number of hydrogen-bond acceptors (Lipinski definition) is 3. The number of carboxylic acids is 1. The van der Waals surface area contributed by atoms with Crippen LogP contribution in [-0.4, -0.2) is 16.9 Å². The van der Waals surface area contributed by atoms with Crippen LogP contribution in [0.3, 0.4) is 0 Å². The first-order chi connectivity index (χ1) is 6.54. The summed E-state index contributed by atoms with van der Waals surface area (Å²) in [6.07, 6.45) is 0. The fraction of sp³-hybridized carbons (Fsp3) is 0.400. The van der Waals surface area contributed by atoms with Gasteiger partial charge in [-0.3, -0.25) is 9.59 Å². The molecule has 1 aromatic rings. The lowest BCUT2D eigenvalue weighted by Crippen LogP contribution is -2.28. The summed E-state index contributed by atoms with van der Waals surface area (Å²) in [7, 11) is 0. The zero-order chi connectivity index (χ0) is 10.7. The number of carboxylic acid groups (broad SMARTS) is 1. The third-order valence-corrected chi connectivity index (χ3v) is 2.70. The van der Waals surface area contributed by atoms with E-state index >= 15 is 0 Å². The lowest BCUT2D eigenvalue weighted by molar-refractivity contribution is -0.141. The first-order valence-corrected chi connectivity index (χ1v) is 5.27. The second-order valence-electron chi connectivity index (χ2n) is 3.44. The Balaban J connectivity index is 2.91. The van der Waals surface area contributed by atoms with Crippen LogP contribution < -0.4 is 0 Å². The Kier molecular flexibility index (Phi) is 3.41. The van der Waals surface area contributed by atoms with E-state index in [1.807, 2.05) is 0 Å². The minimum absolute atomic E-state index is 0.181. The number of thiophene rings is 1. The molecule has 1 N–H and O–H groups in total. The highest BCUT2D eigenvalue weighted by molar-refractivity contribution is 7.08. The molecule has 0 saturated heterocycles. The van der Waals surface area contributed by atoms with E-state index in [1.165, 1.54) is 11.3 Å². The lowest BCUT2D eigenvalue weighted by Gasteiger charge is -2.13. The van der Waals surface area contributed by atoms with Gasteiger partial charge in [-0.15, -0.1) is 0 Å². The molecule has 1 heterocycles. The van der Waals surface area contributed by atoms with Crippen LogP contribution in [0.15, 0.2) is 16.8 Å². The fourth-order valence-electron chi connectivity index (χ4n) is 1.28. The molecular formula is C10H12O3S. The number of aliphatic carboxylic acids is 1. The molecule has 0 spiro atoms. The predicted octanol–water partition coefficient (Wildman–Crippen LogP) is 2.29. The highest BCUT2D eigenvalue weighted by atomic mass is 32.1. The molecule has 0 saturated carbocycles. The van der Waals surface area contributed by atoms with E-state index in [2.05, 4.69) is 0 Å². The minimum atomic E-state index is -1.05. The van der Waals surface area contributed by atoms with Crippen molar-refractivity contribution in [2.75, 3.05) is 0 Å². The van der Waals surface area contributed by atoms with Crippen LogP contribution in [-0.2, 0) is 4.79 Å². The molecule has 4 heteroatoms.